The van der Waals surface area contributed by atoms with Gasteiger partial charge in [0.25, 0.3) is 5.56 Å². The number of primary amides is 1. The summed E-state index contributed by atoms with van der Waals surface area (Å²) in [5.41, 5.74) is 8.57. The van der Waals surface area contributed by atoms with Crippen LogP contribution in [0.25, 0.3) is 11.2 Å². The molecule has 0 radical (unpaired) electrons. The minimum absolute atomic E-state index is 0.0731. The lowest BCUT2D eigenvalue weighted by molar-refractivity contribution is -0.130. The summed E-state index contributed by atoms with van der Waals surface area (Å²) in [6.45, 7) is -2.01. The predicted octanol–water partition coefficient (Wildman–Crippen LogP) is -0.443. The zero-order valence-electron chi connectivity index (χ0n) is 33.8. The minimum atomic E-state index is -4.58. The van der Waals surface area contributed by atoms with Crippen LogP contribution in [0.5, 0.6) is 0 Å². The van der Waals surface area contributed by atoms with Crippen LogP contribution in [0.1, 0.15) is 52.0 Å². The Bertz CT molecular complexity index is 2380. The van der Waals surface area contributed by atoms with Crippen molar-refractivity contribution in [2.75, 3.05) is 38.2 Å². The normalized spacial score (nSPS) is 28.2. The highest BCUT2D eigenvalue weighted by molar-refractivity contribution is 8.44. The molecule has 0 saturated carbocycles. The highest BCUT2D eigenvalue weighted by Gasteiger charge is 2.51. The van der Waals surface area contributed by atoms with Crippen LogP contribution in [0.4, 0.5) is 15.4 Å². The summed E-state index contributed by atoms with van der Waals surface area (Å²) in [4.78, 5) is 99.4. The number of carbonyl (C=O) groups is 4. The van der Waals surface area contributed by atoms with Crippen molar-refractivity contribution in [3.8, 4) is 0 Å². The number of imidazole rings is 1. The molecule has 3 fully saturated rings. The molecule has 10 atom stereocenters. The number of urea groups is 1. The first-order valence-corrected chi connectivity index (χ1v) is 23.9. The van der Waals surface area contributed by atoms with Crippen molar-refractivity contribution in [1.29, 1.82) is 0 Å². The minimum Gasteiger partial charge on any atom is -0.447 e. The van der Waals surface area contributed by atoms with Crippen LogP contribution in [0.15, 0.2) is 34.5 Å². The zero-order chi connectivity index (χ0) is 45.6. The number of H-pyrrole nitrogens is 1. The first-order valence-electron chi connectivity index (χ1n) is 19.5. The molecule has 4 unspecified atom stereocenters. The molecule has 0 aromatic carbocycles. The first-order chi connectivity index (χ1) is 29.8. The van der Waals surface area contributed by atoms with Crippen LogP contribution in [-0.4, -0.2) is 127 Å². The number of aromatic amines is 1. The van der Waals surface area contributed by atoms with Gasteiger partial charge in [-0.05, 0) is 18.8 Å². The van der Waals surface area contributed by atoms with Gasteiger partial charge in [-0.1, -0.05) is 26.1 Å². The number of nitrogens with two attached hydrogens (primary N) is 2. The van der Waals surface area contributed by atoms with Crippen LogP contribution < -0.4 is 44.0 Å². The third-order valence-corrected chi connectivity index (χ3v) is 13.7. The molecule has 346 valence electrons. The molecule has 10 N–H and O–H groups in total. The summed E-state index contributed by atoms with van der Waals surface area (Å²) in [5.74, 6) is -1.39. The summed E-state index contributed by atoms with van der Waals surface area (Å²) >= 11 is 4.10. The van der Waals surface area contributed by atoms with Gasteiger partial charge in [-0.2, -0.15) is 0 Å². The number of amides is 5. The number of anilines is 1. The molecule has 6 rings (SSSR count). The molecule has 3 aromatic rings. The quantitative estimate of drug-likeness (QED) is 0.0562. The molecule has 6 heterocycles. The van der Waals surface area contributed by atoms with Gasteiger partial charge in [-0.3, -0.25) is 47.4 Å². The van der Waals surface area contributed by atoms with Crippen molar-refractivity contribution in [3.05, 3.63) is 45.8 Å². The Kier molecular flexibility index (Phi) is 15.4. The number of nitrogens with one attached hydrogen (secondary N) is 5. The maximum absolute atomic E-state index is 13.8. The number of ether oxygens (including phenoxy) is 3. The van der Waals surface area contributed by atoms with Crippen molar-refractivity contribution >= 4 is 67.6 Å². The lowest BCUT2D eigenvalue weighted by Gasteiger charge is -2.23. The molecule has 0 bridgehead atoms. The number of rotatable bonds is 14. The Morgan fingerprint density at radius 2 is 1.73 bits per heavy atom. The predicted molar refractivity (Wildman–Crippen MR) is 220 cm³/mol. The molecule has 30 heteroatoms. The average Bonchev–Trinajstić information content (AvgIpc) is 3.96. The van der Waals surface area contributed by atoms with Crippen molar-refractivity contribution in [2.24, 2.45) is 17.4 Å². The van der Waals surface area contributed by atoms with Gasteiger partial charge in [0.2, 0.25) is 11.8 Å². The molecule has 27 nitrogen and oxygen atoms in total. The van der Waals surface area contributed by atoms with Gasteiger partial charge >= 0.3 is 32.2 Å². The molecule has 0 spiro atoms. The van der Waals surface area contributed by atoms with Crippen LogP contribution in [-0.2, 0) is 46.5 Å². The molecule has 3 aromatic heterocycles. The van der Waals surface area contributed by atoms with E-state index in [-0.39, 0.29) is 61.9 Å². The molecule has 0 aliphatic carbocycles. The number of fused-ring (bicyclic) bond motifs is 3. The van der Waals surface area contributed by atoms with Crippen LogP contribution in [0, 0.1) is 5.92 Å². The second-order valence-corrected chi connectivity index (χ2v) is 19.9. The molecule has 5 amide bonds. The Labute approximate surface area is 362 Å². The van der Waals surface area contributed by atoms with Crippen molar-refractivity contribution < 1.29 is 61.0 Å². The van der Waals surface area contributed by atoms with E-state index in [0.717, 1.165) is 17.0 Å². The zero-order valence-corrected chi connectivity index (χ0v) is 36.4. The van der Waals surface area contributed by atoms with Crippen molar-refractivity contribution in [3.63, 3.8) is 0 Å². The number of nitrogens with zero attached hydrogens (tertiary/aromatic N) is 5. The first kappa shape index (κ1) is 47.7. The highest BCUT2D eigenvalue weighted by atomic mass is 32.7. The smallest absolute Gasteiger partial charge is 0.412 e. The summed E-state index contributed by atoms with van der Waals surface area (Å²) in [5, 5.41) is 10.1. The molecule has 3 aliphatic rings. The lowest BCUT2D eigenvalue weighted by atomic mass is 10.0. The third kappa shape index (κ3) is 12.1. The van der Waals surface area contributed by atoms with Gasteiger partial charge in [-0.25, -0.2) is 33.9 Å². The largest absolute Gasteiger partial charge is 0.447 e. The van der Waals surface area contributed by atoms with Crippen LogP contribution in [0.3, 0.4) is 0 Å². The Balaban J connectivity index is 1.06. The van der Waals surface area contributed by atoms with E-state index in [1.165, 1.54) is 17.1 Å². The molecular formula is C33H48N12O15P2S. The fourth-order valence-corrected chi connectivity index (χ4v) is 9.99. The van der Waals surface area contributed by atoms with Crippen molar-refractivity contribution in [1.82, 2.24) is 45.0 Å². The van der Waals surface area contributed by atoms with Crippen molar-refractivity contribution in [2.45, 2.75) is 88.0 Å². The topological polar surface area (TPSA) is 377 Å². The van der Waals surface area contributed by atoms with Crippen LogP contribution in [0.2, 0.25) is 0 Å². The maximum atomic E-state index is 13.8. The number of hydrogen-bond acceptors (Lipinski definition) is 18. The van der Waals surface area contributed by atoms with Gasteiger partial charge < -0.3 is 51.0 Å². The SMILES string of the molecule is CC(C)C(N)C(=O)NC(CCCNC(N)=O)C(=O)NCCOC(=O)Nc1ncnc2c1ncn2[C@H]1C[C@H]2[C@@H](COP(=O)(S)O[C@H]3C[C@H](n4ccc(=O)[nH]c4=O)O[C@@H]3COP2(=O)O)O1. The Morgan fingerprint density at radius 1 is 1.00 bits per heavy atom. The van der Waals surface area contributed by atoms with E-state index in [2.05, 4.69) is 53.5 Å². The molecule has 63 heavy (non-hydrogen) atoms. The average molecular weight is 947 g/mol. The van der Waals surface area contributed by atoms with E-state index >= 15 is 0 Å². The third-order valence-electron chi connectivity index (χ3n) is 10.2. The number of thiol groups is 1. The number of hydrogen-bond donors (Lipinski definition) is 9. The molecule has 3 aliphatic heterocycles. The number of carbonyl (C=O) groups excluding carboxylic acids is 4. The maximum Gasteiger partial charge on any atom is 0.412 e. The highest BCUT2D eigenvalue weighted by Crippen LogP contribution is 2.60. The van der Waals surface area contributed by atoms with E-state index in [1.807, 2.05) is 0 Å². The van der Waals surface area contributed by atoms with Gasteiger partial charge in [0, 0.05) is 31.6 Å². The van der Waals surface area contributed by atoms with Gasteiger partial charge in [0.15, 0.2) is 17.0 Å². The Hall–Kier alpha value is -4.76. The fraction of sp³-hybridized carbons (Fsp3) is 0.606. The molecular weight excluding hydrogens is 898 g/mol. The summed E-state index contributed by atoms with van der Waals surface area (Å²) in [6, 6.07) is -1.51. The van der Waals surface area contributed by atoms with E-state index in [4.69, 9.17) is 39.2 Å². The van der Waals surface area contributed by atoms with Gasteiger partial charge in [0.05, 0.1) is 43.9 Å². The van der Waals surface area contributed by atoms with Gasteiger partial charge in [0.1, 0.15) is 43.6 Å². The van der Waals surface area contributed by atoms with E-state index in [0.29, 0.717) is 6.42 Å². The second-order valence-electron chi connectivity index (χ2n) is 14.9. The summed E-state index contributed by atoms with van der Waals surface area (Å²) < 4.78 is 63.8. The lowest BCUT2D eigenvalue weighted by Crippen LogP contribution is -2.53. The van der Waals surface area contributed by atoms with E-state index < -0.39 is 111 Å². The monoisotopic (exact) mass is 946 g/mol. The summed E-state index contributed by atoms with van der Waals surface area (Å²) in [7, 11) is -4.58. The second kappa shape index (κ2) is 20.4. The Morgan fingerprint density at radius 3 is 2.46 bits per heavy atom. The fourth-order valence-electron chi connectivity index (χ4n) is 6.90. The standard InChI is InChI=1S/C33H48N12O15P2S/c1-16(2)25(34)30(48)41-17(4-3-6-37-31(35)49)29(47)36-7-9-55-33(51)43-27-26-28(39-14-38-27)45(15-40-26)24-11-21-20(59-24)13-57-62(54,63)60-18-10-23(44-8-5-22(46)42-32(44)50)58-19(18)12-56-61(21,52)53/h5,8,14-21,23-25H,3-4,6-7,9-13,34H2,1-2H3,(H,36,47)(H,41,48)(H,52,53)(H,54,63)(H3,35,37,49)(H,42,46,50)(H,38,39,43,51)/t17?,18-,19+,20+,21-,23+,24+,25?,62?/m0/s1. The van der Waals surface area contributed by atoms with Gasteiger partial charge in [-0.15, -0.1) is 0 Å². The molecule has 3 saturated heterocycles. The summed E-state index contributed by atoms with van der Waals surface area (Å²) in [6.07, 6.45) is -2.53. The number of aromatic nitrogens is 6. The van der Waals surface area contributed by atoms with E-state index in [9.17, 15) is 42.8 Å². The van der Waals surface area contributed by atoms with Crippen LogP contribution >= 0.6 is 26.6 Å². The van der Waals surface area contributed by atoms with E-state index in [1.54, 1.807) is 13.8 Å².